The zero-order valence-corrected chi connectivity index (χ0v) is 17.6. The van der Waals surface area contributed by atoms with Crippen molar-refractivity contribution in [1.82, 2.24) is 10.3 Å². The van der Waals surface area contributed by atoms with E-state index in [0.717, 1.165) is 12.8 Å². The number of hydrogen-bond acceptors (Lipinski definition) is 7. The molecule has 0 saturated heterocycles. The SMILES string of the molecule is CCCOC(CC)CC(C)OC(=O)C(C)(C)NC(=O)c1nccc(OC)c1O. The molecule has 0 aliphatic carbocycles. The van der Waals surface area contributed by atoms with Gasteiger partial charge in [-0.3, -0.25) is 4.79 Å². The van der Waals surface area contributed by atoms with E-state index in [-0.39, 0.29) is 29.4 Å². The monoisotopic (exact) mass is 396 g/mol. The second kappa shape index (κ2) is 10.8. The van der Waals surface area contributed by atoms with E-state index in [1.165, 1.54) is 33.2 Å². The minimum Gasteiger partial charge on any atom is -0.503 e. The first-order chi connectivity index (χ1) is 13.2. The lowest BCUT2D eigenvalue weighted by molar-refractivity contribution is -0.156. The van der Waals surface area contributed by atoms with Crippen LogP contribution in [0.1, 0.15) is 64.4 Å². The van der Waals surface area contributed by atoms with Crippen LogP contribution in [0.2, 0.25) is 0 Å². The number of carbonyl (C=O) groups excluding carboxylic acids is 2. The molecule has 1 rings (SSSR count). The highest BCUT2D eigenvalue weighted by atomic mass is 16.5. The molecule has 1 aromatic rings. The van der Waals surface area contributed by atoms with Crippen molar-refractivity contribution >= 4 is 11.9 Å². The Morgan fingerprint density at radius 3 is 2.57 bits per heavy atom. The van der Waals surface area contributed by atoms with Crippen LogP contribution in [-0.2, 0) is 14.3 Å². The molecule has 1 heterocycles. The number of esters is 1. The third-order valence-electron chi connectivity index (χ3n) is 4.17. The largest absolute Gasteiger partial charge is 0.503 e. The molecule has 2 unspecified atom stereocenters. The van der Waals surface area contributed by atoms with Gasteiger partial charge in [0.2, 0.25) is 0 Å². The van der Waals surface area contributed by atoms with E-state index in [2.05, 4.69) is 10.3 Å². The molecule has 158 valence electrons. The molecule has 8 heteroatoms. The minimum absolute atomic E-state index is 0.0124. The number of nitrogens with one attached hydrogen (secondary N) is 1. The van der Waals surface area contributed by atoms with Gasteiger partial charge in [-0.05, 0) is 33.6 Å². The predicted octanol–water partition coefficient (Wildman–Crippen LogP) is 2.83. The van der Waals surface area contributed by atoms with Crippen LogP contribution in [0.4, 0.5) is 0 Å². The molecule has 0 aliphatic rings. The van der Waals surface area contributed by atoms with Gasteiger partial charge in [-0.1, -0.05) is 13.8 Å². The highest BCUT2D eigenvalue weighted by Gasteiger charge is 2.34. The Morgan fingerprint density at radius 1 is 1.32 bits per heavy atom. The first-order valence-corrected chi connectivity index (χ1v) is 9.53. The molecule has 0 bridgehead atoms. The number of amides is 1. The summed E-state index contributed by atoms with van der Waals surface area (Å²) in [7, 11) is 1.37. The average molecular weight is 396 g/mol. The molecule has 8 nitrogen and oxygen atoms in total. The zero-order chi connectivity index (χ0) is 21.3. The third-order valence-corrected chi connectivity index (χ3v) is 4.17. The van der Waals surface area contributed by atoms with E-state index in [9.17, 15) is 14.7 Å². The van der Waals surface area contributed by atoms with Crippen molar-refractivity contribution in [2.45, 2.75) is 71.6 Å². The fraction of sp³-hybridized carbons (Fsp3) is 0.650. The number of aromatic nitrogens is 1. The Balaban J connectivity index is 2.73. The number of ether oxygens (including phenoxy) is 3. The molecule has 1 amide bonds. The van der Waals surface area contributed by atoms with Gasteiger partial charge in [-0.2, -0.15) is 0 Å². The summed E-state index contributed by atoms with van der Waals surface area (Å²) >= 11 is 0. The second-order valence-electron chi connectivity index (χ2n) is 7.14. The van der Waals surface area contributed by atoms with Gasteiger partial charge in [0.25, 0.3) is 5.91 Å². The van der Waals surface area contributed by atoms with Gasteiger partial charge < -0.3 is 24.6 Å². The van der Waals surface area contributed by atoms with E-state index in [4.69, 9.17) is 14.2 Å². The Kier molecular flexibility index (Phi) is 9.18. The number of carbonyl (C=O) groups is 2. The van der Waals surface area contributed by atoms with Crippen molar-refractivity contribution in [3.05, 3.63) is 18.0 Å². The van der Waals surface area contributed by atoms with E-state index in [0.29, 0.717) is 13.0 Å². The average Bonchev–Trinajstić information content (AvgIpc) is 2.64. The molecule has 0 aromatic carbocycles. The minimum atomic E-state index is -1.31. The first kappa shape index (κ1) is 23.7. The first-order valence-electron chi connectivity index (χ1n) is 9.53. The van der Waals surface area contributed by atoms with Crippen LogP contribution >= 0.6 is 0 Å². The number of rotatable bonds is 11. The summed E-state index contributed by atoms with van der Waals surface area (Å²) in [6, 6.07) is 1.43. The maximum atomic E-state index is 12.5. The second-order valence-corrected chi connectivity index (χ2v) is 7.14. The summed E-state index contributed by atoms with van der Waals surface area (Å²) in [4.78, 5) is 28.9. The van der Waals surface area contributed by atoms with Crippen molar-refractivity contribution in [1.29, 1.82) is 0 Å². The molecule has 0 fully saturated rings. The molecule has 1 aromatic heterocycles. The quantitative estimate of drug-likeness (QED) is 0.554. The Labute approximate surface area is 166 Å². The van der Waals surface area contributed by atoms with Gasteiger partial charge in [-0.25, -0.2) is 9.78 Å². The smallest absolute Gasteiger partial charge is 0.331 e. The Morgan fingerprint density at radius 2 is 2.00 bits per heavy atom. The van der Waals surface area contributed by atoms with Gasteiger partial charge in [0.15, 0.2) is 17.2 Å². The molecular formula is C20H32N2O6. The van der Waals surface area contributed by atoms with Gasteiger partial charge in [0.05, 0.1) is 13.2 Å². The van der Waals surface area contributed by atoms with Gasteiger partial charge >= 0.3 is 5.97 Å². The predicted molar refractivity (Wildman–Crippen MR) is 104 cm³/mol. The topological polar surface area (TPSA) is 107 Å². The zero-order valence-electron chi connectivity index (χ0n) is 17.6. The molecule has 2 N–H and O–H groups in total. The lowest BCUT2D eigenvalue weighted by Gasteiger charge is -2.27. The molecule has 28 heavy (non-hydrogen) atoms. The summed E-state index contributed by atoms with van der Waals surface area (Å²) in [5, 5.41) is 12.6. The number of methoxy groups -OCH3 is 1. The molecule has 0 spiro atoms. The fourth-order valence-electron chi connectivity index (χ4n) is 2.55. The molecule has 0 saturated carbocycles. The molecule has 2 atom stereocenters. The number of pyridine rings is 1. The third kappa shape index (κ3) is 6.67. The van der Waals surface area contributed by atoms with Crippen LogP contribution in [0.15, 0.2) is 12.3 Å². The lowest BCUT2D eigenvalue weighted by atomic mass is 10.0. The van der Waals surface area contributed by atoms with Crippen molar-refractivity contribution in [2.75, 3.05) is 13.7 Å². The summed E-state index contributed by atoms with van der Waals surface area (Å²) < 4.78 is 16.2. The van der Waals surface area contributed by atoms with Crippen LogP contribution in [0, 0.1) is 0 Å². The number of nitrogens with zero attached hydrogens (tertiary/aromatic N) is 1. The number of aromatic hydroxyl groups is 1. The number of hydrogen-bond donors (Lipinski definition) is 2. The normalized spacial score (nSPS) is 13.5. The summed E-state index contributed by atoms with van der Waals surface area (Å²) in [6.45, 7) is 9.58. The van der Waals surface area contributed by atoms with Crippen molar-refractivity contribution in [3.63, 3.8) is 0 Å². The van der Waals surface area contributed by atoms with Gasteiger partial charge in [0, 0.05) is 25.3 Å². The van der Waals surface area contributed by atoms with E-state index >= 15 is 0 Å². The van der Waals surface area contributed by atoms with Crippen LogP contribution in [0.25, 0.3) is 0 Å². The van der Waals surface area contributed by atoms with E-state index in [1.54, 1.807) is 6.92 Å². The van der Waals surface area contributed by atoms with Crippen molar-refractivity contribution in [2.24, 2.45) is 0 Å². The highest BCUT2D eigenvalue weighted by Crippen LogP contribution is 2.27. The van der Waals surface area contributed by atoms with Crippen LogP contribution in [-0.4, -0.2) is 53.4 Å². The van der Waals surface area contributed by atoms with Gasteiger partial charge in [-0.15, -0.1) is 0 Å². The van der Waals surface area contributed by atoms with E-state index < -0.39 is 17.4 Å². The summed E-state index contributed by atoms with van der Waals surface area (Å²) in [6.07, 6.45) is 3.30. The maximum Gasteiger partial charge on any atom is 0.331 e. The maximum absolute atomic E-state index is 12.5. The highest BCUT2D eigenvalue weighted by molar-refractivity contribution is 5.98. The van der Waals surface area contributed by atoms with Crippen molar-refractivity contribution in [3.8, 4) is 11.5 Å². The Bertz CT molecular complexity index is 662. The summed E-state index contributed by atoms with van der Waals surface area (Å²) in [5.41, 5.74) is -1.54. The lowest BCUT2D eigenvalue weighted by Crippen LogP contribution is -2.51. The standard InChI is InChI=1S/C20H32N2O6/c1-7-11-27-14(8-2)12-13(3)28-19(25)20(4,5)22-18(24)16-17(23)15(26-6)9-10-21-16/h9-10,13-14,23H,7-8,11-12H2,1-6H3,(H,22,24). The van der Waals surface area contributed by atoms with Gasteiger partial charge in [0.1, 0.15) is 11.6 Å². The Hall–Kier alpha value is -2.35. The van der Waals surface area contributed by atoms with Crippen LogP contribution in [0.5, 0.6) is 11.5 Å². The van der Waals surface area contributed by atoms with Crippen LogP contribution in [0.3, 0.4) is 0 Å². The molecule has 0 aliphatic heterocycles. The fourth-order valence-corrected chi connectivity index (χ4v) is 2.55. The van der Waals surface area contributed by atoms with Crippen LogP contribution < -0.4 is 10.1 Å². The summed E-state index contributed by atoms with van der Waals surface area (Å²) in [5.74, 6) is -1.56. The van der Waals surface area contributed by atoms with Crippen molar-refractivity contribution < 1.29 is 28.9 Å². The van der Waals surface area contributed by atoms with E-state index in [1.807, 2.05) is 13.8 Å². The molecule has 0 radical (unpaired) electrons. The molecular weight excluding hydrogens is 364 g/mol.